The average Bonchev–Trinajstić information content (AvgIpc) is 0.837. The molecule has 9 heterocycles. The van der Waals surface area contributed by atoms with Gasteiger partial charge in [-0.1, -0.05) is 0 Å². The molecule has 0 bridgehead atoms. The fourth-order valence-corrected chi connectivity index (χ4v) is 14.7. The van der Waals surface area contributed by atoms with Gasteiger partial charge in [0.1, 0.15) is 77.8 Å². The summed E-state index contributed by atoms with van der Waals surface area (Å²) >= 11 is 0. The highest BCUT2D eigenvalue weighted by Crippen LogP contribution is 2.34. The molecule has 6 aliphatic heterocycles. The van der Waals surface area contributed by atoms with E-state index in [4.69, 9.17) is 33.5 Å². The summed E-state index contributed by atoms with van der Waals surface area (Å²) in [6.45, 7) is 11.0. The van der Waals surface area contributed by atoms with Crippen LogP contribution in [0, 0.1) is 34.0 Å². The number of aromatic nitrogens is 6. The second kappa shape index (κ2) is 39.1. The number of anilines is 9. The molecule has 6 aliphatic rings. The number of sulfonamides is 1. The number of hydrogen-bond donors (Lipinski definition) is 4. The number of rotatable bonds is 22. The molecule has 9 aromatic rings. The smallest absolute Gasteiger partial charge is 0.251 e. The highest BCUT2D eigenvalue weighted by Gasteiger charge is 2.27. The van der Waals surface area contributed by atoms with Crippen LogP contribution in [-0.2, 0) is 29.0 Å². The predicted octanol–water partition coefficient (Wildman–Crippen LogP) is 11.1. The van der Waals surface area contributed by atoms with E-state index in [1.807, 2.05) is 97.1 Å². The minimum atomic E-state index is -3.15. The Hall–Kier alpha value is -11.7. The van der Waals surface area contributed by atoms with Crippen LogP contribution in [-0.4, -0.2) is 226 Å². The van der Waals surface area contributed by atoms with Gasteiger partial charge in [0.25, 0.3) is 6.43 Å². The van der Waals surface area contributed by atoms with Crippen LogP contribution < -0.4 is 44.9 Å². The topological polar surface area (TPSA) is 331 Å². The molecule has 6 aromatic carbocycles. The van der Waals surface area contributed by atoms with E-state index in [2.05, 4.69) is 78.8 Å². The van der Waals surface area contributed by atoms with Crippen LogP contribution in [0.1, 0.15) is 55.2 Å². The molecule has 31 heteroatoms. The molecule has 0 spiro atoms. The maximum atomic E-state index is 12.6. The molecule has 0 saturated carbocycles. The summed E-state index contributed by atoms with van der Waals surface area (Å²) in [6, 6.07) is 52.3. The van der Waals surface area contributed by atoms with Crippen LogP contribution in [0.15, 0.2) is 164 Å². The Balaban J connectivity index is 0.000000149. The van der Waals surface area contributed by atoms with Gasteiger partial charge in [0.05, 0.1) is 69.1 Å². The highest BCUT2D eigenvalue weighted by molar-refractivity contribution is 7.88. The number of aliphatic hydroxyl groups is 1. The van der Waals surface area contributed by atoms with E-state index in [0.717, 1.165) is 116 Å². The molecule has 28 nitrogen and oxygen atoms in total. The van der Waals surface area contributed by atoms with E-state index >= 15 is 0 Å². The Bertz CT molecular complexity index is 4940. The summed E-state index contributed by atoms with van der Waals surface area (Å²) in [7, 11) is -3.15. The molecule has 6 fully saturated rings. The molecular weight excluding hydrogens is 1480 g/mol. The lowest BCUT2D eigenvalue weighted by Gasteiger charge is -2.36. The van der Waals surface area contributed by atoms with Crippen molar-refractivity contribution in [1.29, 1.82) is 15.8 Å². The monoisotopic (exact) mass is 1570 g/mol. The molecular formula is C83H90F2N18O10S. The van der Waals surface area contributed by atoms with Gasteiger partial charge in [0, 0.05) is 186 Å². The van der Waals surface area contributed by atoms with Crippen molar-refractivity contribution < 1.29 is 55.5 Å². The Labute approximate surface area is 661 Å². The van der Waals surface area contributed by atoms with Crippen molar-refractivity contribution in [2.45, 2.75) is 63.3 Å². The van der Waals surface area contributed by atoms with Gasteiger partial charge in [-0.3, -0.25) is 9.69 Å². The Morgan fingerprint density at radius 2 is 0.789 bits per heavy atom. The molecule has 114 heavy (non-hydrogen) atoms. The average molecular weight is 1570 g/mol. The number of aliphatic hydroxyl groups excluding tert-OH is 1. The van der Waals surface area contributed by atoms with E-state index < -0.39 is 23.1 Å². The molecule has 0 unspecified atom stereocenters. The van der Waals surface area contributed by atoms with E-state index in [1.54, 1.807) is 76.9 Å². The van der Waals surface area contributed by atoms with Crippen molar-refractivity contribution in [3.63, 3.8) is 0 Å². The van der Waals surface area contributed by atoms with E-state index in [1.165, 1.54) is 10.6 Å². The van der Waals surface area contributed by atoms with Gasteiger partial charge >= 0.3 is 0 Å². The molecule has 0 atom stereocenters. The minimum Gasteiger partial charge on any atom is -0.489 e. The van der Waals surface area contributed by atoms with E-state index in [0.29, 0.717) is 161 Å². The van der Waals surface area contributed by atoms with E-state index in [9.17, 15) is 37.8 Å². The summed E-state index contributed by atoms with van der Waals surface area (Å²) in [5.41, 5.74) is 9.32. The van der Waals surface area contributed by atoms with Crippen molar-refractivity contribution in [2.75, 3.05) is 168 Å². The maximum Gasteiger partial charge on any atom is 0.251 e. The number of nitrogens with zero attached hydrogens (tertiary/aromatic N) is 15. The number of hydrogen-bond acceptors (Lipinski definition) is 26. The van der Waals surface area contributed by atoms with Gasteiger partial charge in [-0.2, -0.15) is 20.1 Å². The molecule has 4 N–H and O–H groups in total. The molecule has 3 aromatic heterocycles. The summed E-state index contributed by atoms with van der Waals surface area (Å²) in [5.74, 6) is 4.89. The van der Waals surface area contributed by atoms with Crippen molar-refractivity contribution in [2.24, 2.45) is 0 Å². The third-order valence-corrected chi connectivity index (χ3v) is 21.5. The number of carbonyl (C=O) groups is 1. The lowest BCUT2D eigenvalue weighted by molar-refractivity contribution is -0.134. The number of alkyl halides is 2. The van der Waals surface area contributed by atoms with Crippen molar-refractivity contribution in [1.82, 2.24) is 44.0 Å². The first-order valence-corrected chi connectivity index (χ1v) is 40.0. The Morgan fingerprint density at radius 3 is 1.09 bits per heavy atom. The van der Waals surface area contributed by atoms with Crippen LogP contribution >= 0.6 is 0 Å². The van der Waals surface area contributed by atoms with Crippen LogP contribution in [0.25, 0.3) is 34.2 Å². The zero-order valence-corrected chi connectivity index (χ0v) is 64.1. The number of nitriles is 3. The zero-order valence-electron chi connectivity index (χ0n) is 63.3. The number of amides is 1. The van der Waals surface area contributed by atoms with Crippen LogP contribution in [0.2, 0.25) is 0 Å². The van der Waals surface area contributed by atoms with Crippen LogP contribution in [0.5, 0.6) is 17.2 Å². The Kier molecular flexibility index (Phi) is 27.6. The lowest BCUT2D eigenvalue weighted by Crippen LogP contribution is -2.49. The number of carbonyl (C=O) groups excluding carboxylic acids is 1. The standard InChI is InChI=1S/C28H30F2N6O2.C28H30N6O4.C27H30N6O4S/c29-26(30)19-35-11-13-36(14-12-35)23-4-2-22(3-5-23)33-27-7-10-32-28(34-27)20-1-6-25(21(17-20)18-31)38-24-8-15-37-16-9-24;29-18-21-17-20(1-6-25(21)38-24-8-15-37-16-9-24)28-30-10-7-26(32-28)31-22-2-4-23(5-3-22)33-11-13-34(14-12-33)27(36)19-35;1-38(34,35)33-14-12-32(13-15-33)23-5-3-22(4-6-23)30-26-8-11-29-27(31-26)20-2-7-25(21(18-20)19-28)37-24-9-16-36-17-10-24/h1-7,10,17,24,26H,8-9,11-16,19H2,(H,32,33,34);1-7,10,17,24,35H,8-9,11-16,19H2,(H,30,31,32);2-8,11,18,24H,9-10,12-17H2,1H3,(H,29,30,31). The van der Waals surface area contributed by atoms with E-state index in [-0.39, 0.29) is 30.8 Å². The summed E-state index contributed by atoms with van der Waals surface area (Å²) in [6.07, 6.45) is 9.01. The summed E-state index contributed by atoms with van der Waals surface area (Å²) in [5, 5.41) is 48.1. The normalized spacial score (nSPS) is 16.7. The van der Waals surface area contributed by atoms with Gasteiger partial charge < -0.3 is 69.1 Å². The molecule has 0 radical (unpaired) electrons. The quantitative estimate of drug-likeness (QED) is 0.0490. The molecule has 1 amide bonds. The third kappa shape index (κ3) is 22.1. The zero-order chi connectivity index (χ0) is 79.2. The molecule has 15 rings (SSSR count). The first-order valence-electron chi connectivity index (χ1n) is 38.2. The number of ether oxygens (including phenoxy) is 6. The minimum absolute atomic E-state index is 0.0481. The lowest BCUT2D eigenvalue weighted by atomic mass is 10.1. The van der Waals surface area contributed by atoms with Crippen molar-refractivity contribution in [3.05, 3.63) is 181 Å². The maximum absolute atomic E-state index is 12.6. The molecule has 6 saturated heterocycles. The molecule has 592 valence electrons. The predicted molar refractivity (Wildman–Crippen MR) is 428 cm³/mol. The van der Waals surface area contributed by atoms with Gasteiger partial charge in [-0.05, 0) is 146 Å². The fourth-order valence-electron chi connectivity index (χ4n) is 13.9. The second-order valence-corrected chi connectivity index (χ2v) is 29.9. The second-order valence-electron chi connectivity index (χ2n) is 27.9. The highest BCUT2D eigenvalue weighted by atomic mass is 32.2. The largest absolute Gasteiger partial charge is 0.489 e. The summed E-state index contributed by atoms with van der Waals surface area (Å²) < 4.78 is 84.6. The summed E-state index contributed by atoms with van der Waals surface area (Å²) in [4.78, 5) is 48.9. The molecule has 0 aliphatic carbocycles. The van der Waals surface area contributed by atoms with Crippen molar-refractivity contribution >= 4 is 67.5 Å². The Morgan fingerprint density at radius 1 is 0.474 bits per heavy atom. The number of benzene rings is 6. The van der Waals surface area contributed by atoms with Gasteiger partial charge in [-0.15, -0.1) is 0 Å². The third-order valence-electron chi connectivity index (χ3n) is 20.2. The van der Waals surface area contributed by atoms with Gasteiger partial charge in [-0.25, -0.2) is 47.1 Å². The number of piperazine rings is 3. The first kappa shape index (κ1) is 80.3. The van der Waals surface area contributed by atoms with Gasteiger partial charge in [0.2, 0.25) is 15.9 Å². The van der Waals surface area contributed by atoms with Crippen LogP contribution in [0.4, 0.5) is 60.4 Å². The first-order chi connectivity index (χ1) is 55.6. The SMILES string of the molecule is CS(=O)(=O)N1CCN(c2ccc(Nc3ccnc(-c4ccc(OC5CCOCC5)c(C#N)c4)n3)cc2)CC1.N#Cc1cc(-c2nccc(Nc3ccc(N4CCN(C(=O)CO)CC4)cc3)n2)ccc1OC1CCOCC1.N#Cc1cc(-c2nccc(Nc3ccc(N4CCN(CC(F)F)CC4)cc3)n2)ccc1OC1CCOCC1. The number of nitrogens with one attached hydrogen (secondary N) is 3. The fraction of sp³-hybridized carbons (Fsp3) is 0.373. The van der Waals surface area contributed by atoms with Crippen LogP contribution in [0.3, 0.4) is 0 Å². The number of halogens is 2. The van der Waals surface area contributed by atoms with Gasteiger partial charge in [0.15, 0.2) is 17.5 Å². The van der Waals surface area contributed by atoms with Crippen molar-refractivity contribution in [3.8, 4) is 69.6 Å².